The molecule has 1 amide bonds. The maximum absolute atomic E-state index is 12.0. The molecule has 0 spiro atoms. The molecule has 0 bridgehead atoms. The quantitative estimate of drug-likeness (QED) is 0.894. The lowest BCUT2D eigenvalue weighted by Gasteiger charge is -2.11. The number of carbonyl (C=O) groups is 1. The highest BCUT2D eigenvalue weighted by Crippen LogP contribution is 2.19. The second-order valence-electron chi connectivity index (χ2n) is 4.89. The van der Waals surface area contributed by atoms with Crippen LogP contribution in [-0.4, -0.2) is 27.1 Å². The average molecular weight is 283 g/mol. The monoisotopic (exact) mass is 283 g/mol. The molecule has 0 radical (unpaired) electrons. The third-order valence-electron chi connectivity index (χ3n) is 3.12. The third-order valence-corrected chi connectivity index (χ3v) is 4.68. The van der Waals surface area contributed by atoms with Crippen molar-refractivity contribution in [1.82, 2.24) is 5.32 Å². The Morgan fingerprint density at radius 3 is 2.16 bits per heavy atom. The van der Waals surface area contributed by atoms with Crippen molar-refractivity contribution in [3.8, 4) is 0 Å². The van der Waals surface area contributed by atoms with Gasteiger partial charge in [0.1, 0.15) is 0 Å². The summed E-state index contributed by atoms with van der Waals surface area (Å²) in [5, 5.41) is 2.43. The van der Waals surface area contributed by atoms with Crippen LogP contribution in [0.1, 0.15) is 28.7 Å². The molecule has 0 aromatic heterocycles. The Bertz CT molecular complexity index is 553. The topological polar surface area (TPSA) is 63.2 Å². The Morgan fingerprint density at radius 1 is 1.16 bits per heavy atom. The van der Waals surface area contributed by atoms with E-state index < -0.39 is 9.84 Å². The van der Waals surface area contributed by atoms with Crippen LogP contribution in [-0.2, 0) is 20.4 Å². The molecule has 0 aliphatic heterocycles. The van der Waals surface area contributed by atoms with Crippen molar-refractivity contribution in [2.24, 2.45) is 0 Å². The van der Waals surface area contributed by atoms with Gasteiger partial charge in [0.25, 0.3) is 0 Å². The second kappa shape index (κ2) is 6.19. The first-order valence-corrected chi connectivity index (χ1v) is 8.05. The predicted octanol–water partition coefficient (Wildman–Crippen LogP) is 1.66. The minimum atomic E-state index is -3.26. The van der Waals surface area contributed by atoms with Crippen molar-refractivity contribution >= 4 is 15.7 Å². The number of aryl methyl sites for hydroxylation is 3. The summed E-state index contributed by atoms with van der Waals surface area (Å²) in [5.41, 5.74) is 3.95. The van der Waals surface area contributed by atoms with Crippen LogP contribution in [0.2, 0.25) is 0 Å². The largest absolute Gasteiger partial charge is 0.359 e. The highest BCUT2D eigenvalue weighted by atomic mass is 32.2. The predicted molar refractivity (Wildman–Crippen MR) is 76.8 cm³/mol. The Labute approximate surface area is 115 Å². The van der Waals surface area contributed by atoms with Gasteiger partial charge in [0.05, 0.1) is 11.5 Å². The number of sulfone groups is 1. The number of benzene rings is 1. The molecule has 0 saturated heterocycles. The van der Waals surface area contributed by atoms with E-state index >= 15 is 0 Å². The van der Waals surface area contributed by atoms with Crippen molar-refractivity contribution in [2.45, 2.75) is 32.9 Å². The van der Waals surface area contributed by atoms with Crippen LogP contribution in [0.3, 0.4) is 0 Å². The van der Waals surface area contributed by atoms with Crippen LogP contribution in [0.4, 0.5) is 0 Å². The molecule has 0 saturated carbocycles. The van der Waals surface area contributed by atoms with Gasteiger partial charge in [-0.2, -0.15) is 0 Å². The summed E-state index contributed by atoms with van der Waals surface area (Å²) in [4.78, 5) is 11.1. The van der Waals surface area contributed by atoms with E-state index in [0.717, 1.165) is 22.3 Å². The number of hydrogen-bond acceptors (Lipinski definition) is 3. The number of rotatable bonds is 5. The number of amides is 1. The Kier molecular flexibility index (Phi) is 5.11. The summed E-state index contributed by atoms with van der Waals surface area (Å²) < 4.78 is 24.1. The summed E-state index contributed by atoms with van der Waals surface area (Å²) in [6.45, 7) is 5.83. The van der Waals surface area contributed by atoms with E-state index in [9.17, 15) is 13.2 Å². The highest BCUT2D eigenvalue weighted by Gasteiger charge is 2.17. The first-order chi connectivity index (χ1) is 8.75. The van der Waals surface area contributed by atoms with Gasteiger partial charge in [0, 0.05) is 13.5 Å². The molecule has 0 heterocycles. The molecule has 5 heteroatoms. The molecule has 1 N–H and O–H groups in total. The maximum atomic E-state index is 12.0. The molecule has 1 aromatic carbocycles. The SMILES string of the molecule is CNC(=O)CCS(=O)(=O)Cc1c(C)cc(C)cc1C. The molecule has 0 aliphatic carbocycles. The van der Waals surface area contributed by atoms with Crippen LogP contribution < -0.4 is 5.32 Å². The van der Waals surface area contributed by atoms with Crippen molar-refractivity contribution in [2.75, 3.05) is 12.8 Å². The fraction of sp³-hybridized carbons (Fsp3) is 0.500. The maximum Gasteiger partial charge on any atom is 0.220 e. The Balaban J connectivity index is 2.87. The third kappa shape index (κ3) is 4.67. The van der Waals surface area contributed by atoms with E-state index in [1.165, 1.54) is 7.05 Å². The van der Waals surface area contributed by atoms with Gasteiger partial charge in [-0.3, -0.25) is 4.79 Å². The molecule has 106 valence electrons. The van der Waals surface area contributed by atoms with Gasteiger partial charge < -0.3 is 5.32 Å². The number of carbonyl (C=O) groups excluding carboxylic acids is 1. The molecule has 0 unspecified atom stereocenters. The Morgan fingerprint density at radius 2 is 1.68 bits per heavy atom. The van der Waals surface area contributed by atoms with Crippen molar-refractivity contribution < 1.29 is 13.2 Å². The van der Waals surface area contributed by atoms with Gasteiger partial charge in [0.15, 0.2) is 9.84 Å². The van der Waals surface area contributed by atoms with Gasteiger partial charge in [-0.15, -0.1) is 0 Å². The first kappa shape index (κ1) is 15.7. The van der Waals surface area contributed by atoms with Crippen LogP contribution in [0.25, 0.3) is 0 Å². The van der Waals surface area contributed by atoms with E-state index in [2.05, 4.69) is 5.32 Å². The zero-order valence-electron chi connectivity index (χ0n) is 11.9. The van der Waals surface area contributed by atoms with Crippen LogP contribution >= 0.6 is 0 Å². The highest BCUT2D eigenvalue weighted by molar-refractivity contribution is 7.90. The summed E-state index contributed by atoms with van der Waals surface area (Å²) in [6.07, 6.45) is 0.0167. The average Bonchev–Trinajstić information content (AvgIpc) is 2.31. The molecule has 4 nitrogen and oxygen atoms in total. The first-order valence-electron chi connectivity index (χ1n) is 6.23. The van der Waals surface area contributed by atoms with Gasteiger partial charge >= 0.3 is 0 Å². The lowest BCUT2D eigenvalue weighted by molar-refractivity contribution is -0.120. The molecule has 19 heavy (non-hydrogen) atoms. The van der Waals surface area contributed by atoms with E-state index in [-0.39, 0.29) is 23.8 Å². The van der Waals surface area contributed by atoms with Gasteiger partial charge in [-0.05, 0) is 37.5 Å². The summed E-state index contributed by atoms with van der Waals surface area (Å²) >= 11 is 0. The van der Waals surface area contributed by atoms with Crippen LogP contribution in [0.5, 0.6) is 0 Å². The van der Waals surface area contributed by atoms with Crippen molar-refractivity contribution in [1.29, 1.82) is 0 Å². The van der Waals surface area contributed by atoms with Crippen molar-refractivity contribution in [3.05, 3.63) is 34.4 Å². The molecular formula is C14H21NO3S. The standard InChI is InChI=1S/C14H21NO3S/c1-10-7-11(2)13(12(3)8-10)9-19(17,18)6-5-14(16)15-4/h7-8H,5-6,9H2,1-4H3,(H,15,16). The minimum absolute atomic E-state index is 0.00193. The summed E-state index contributed by atoms with van der Waals surface area (Å²) in [5.74, 6) is -0.359. The fourth-order valence-corrected chi connectivity index (χ4v) is 3.64. The van der Waals surface area contributed by atoms with Gasteiger partial charge in [-0.1, -0.05) is 17.7 Å². The minimum Gasteiger partial charge on any atom is -0.359 e. The smallest absolute Gasteiger partial charge is 0.220 e. The lowest BCUT2D eigenvalue weighted by atomic mass is 10.0. The molecule has 0 fully saturated rings. The van der Waals surface area contributed by atoms with E-state index in [0.29, 0.717) is 0 Å². The van der Waals surface area contributed by atoms with E-state index in [1.807, 2.05) is 32.9 Å². The number of nitrogens with one attached hydrogen (secondary N) is 1. The van der Waals surface area contributed by atoms with E-state index in [4.69, 9.17) is 0 Å². The van der Waals surface area contributed by atoms with Crippen molar-refractivity contribution in [3.63, 3.8) is 0 Å². The van der Waals surface area contributed by atoms with Crippen LogP contribution in [0, 0.1) is 20.8 Å². The molecule has 0 aliphatic rings. The molecule has 1 aromatic rings. The van der Waals surface area contributed by atoms with Gasteiger partial charge in [-0.25, -0.2) is 8.42 Å². The second-order valence-corrected chi connectivity index (χ2v) is 7.08. The summed E-state index contributed by atoms with van der Waals surface area (Å²) in [7, 11) is -1.76. The molecular weight excluding hydrogens is 262 g/mol. The number of hydrogen-bond donors (Lipinski definition) is 1. The Hall–Kier alpha value is -1.36. The normalized spacial score (nSPS) is 11.4. The van der Waals surface area contributed by atoms with E-state index in [1.54, 1.807) is 0 Å². The lowest BCUT2D eigenvalue weighted by Crippen LogP contribution is -2.22. The zero-order chi connectivity index (χ0) is 14.6. The van der Waals surface area contributed by atoms with Crippen LogP contribution in [0.15, 0.2) is 12.1 Å². The fourth-order valence-electron chi connectivity index (χ4n) is 2.10. The zero-order valence-corrected chi connectivity index (χ0v) is 12.7. The summed E-state index contributed by atoms with van der Waals surface area (Å²) in [6, 6.07) is 3.97. The molecule has 0 atom stereocenters. The molecule has 1 rings (SSSR count). The van der Waals surface area contributed by atoms with Gasteiger partial charge in [0.2, 0.25) is 5.91 Å².